The van der Waals surface area contributed by atoms with E-state index in [1.807, 2.05) is 24.3 Å². The molecule has 1 heterocycles. The topological polar surface area (TPSA) is 85.2 Å². The lowest BCUT2D eigenvalue weighted by Gasteiger charge is -2.15. The lowest BCUT2D eigenvalue weighted by Crippen LogP contribution is -2.47. The number of ether oxygens (including phenoxy) is 1. The van der Waals surface area contributed by atoms with Crippen molar-refractivity contribution in [3.05, 3.63) is 76.3 Å². The van der Waals surface area contributed by atoms with Crippen molar-refractivity contribution >= 4 is 27.7 Å². The van der Waals surface area contributed by atoms with Crippen molar-refractivity contribution in [2.75, 3.05) is 0 Å². The van der Waals surface area contributed by atoms with Crippen molar-refractivity contribution in [1.82, 2.24) is 20.6 Å². The van der Waals surface area contributed by atoms with Crippen molar-refractivity contribution < 1.29 is 18.7 Å². The molecule has 0 spiro atoms. The number of rotatable bonds is 5. The summed E-state index contributed by atoms with van der Waals surface area (Å²) < 4.78 is 20.9. The number of hydrogen-bond acceptors (Lipinski definition) is 4. The molecule has 9 heteroatoms. The molecule has 2 amide bonds. The first-order valence-corrected chi connectivity index (χ1v) is 9.47. The summed E-state index contributed by atoms with van der Waals surface area (Å²) in [6, 6.07) is 12.8. The van der Waals surface area contributed by atoms with Gasteiger partial charge in [0, 0.05) is 4.47 Å². The monoisotopic (exact) mass is 460 g/mol. The van der Waals surface area contributed by atoms with Gasteiger partial charge in [-0.15, -0.1) is 0 Å². The summed E-state index contributed by atoms with van der Waals surface area (Å²) in [5.74, 6) is -1.12. The number of halogens is 2. The molecule has 0 aliphatic heterocycles. The molecule has 1 aromatic heterocycles. The zero-order valence-electron chi connectivity index (χ0n) is 15.6. The molecule has 0 fully saturated rings. The maximum atomic E-state index is 12.9. The second-order valence-electron chi connectivity index (χ2n) is 6.19. The Morgan fingerprint density at radius 3 is 2.41 bits per heavy atom. The van der Waals surface area contributed by atoms with Gasteiger partial charge in [-0.1, -0.05) is 15.9 Å². The summed E-state index contributed by atoms with van der Waals surface area (Å²) in [7, 11) is 0. The predicted molar refractivity (Wildman–Crippen MR) is 108 cm³/mol. The molecule has 3 rings (SSSR count). The SMILES string of the molecule is Cc1c(C(=O)NNC(=O)C(C)Oc2ccc(F)cc2)cnn1-c1ccc(Br)cc1. The van der Waals surface area contributed by atoms with E-state index in [4.69, 9.17) is 4.74 Å². The summed E-state index contributed by atoms with van der Waals surface area (Å²) in [6.45, 7) is 3.27. The van der Waals surface area contributed by atoms with E-state index in [1.54, 1.807) is 11.6 Å². The molecule has 1 unspecified atom stereocenters. The summed E-state index contributed by atoms with van der Waals surface area (Å²) >= 11 is 3.37. The first-order valence-electron chi connectivity index (χ1n) is 8.68. The predicted octanol–water partition coefficient (Wildman–Crippen LogP) is 3.31. The second-order valence-corrected chi connectivity index (χ2v) is 7.10. The number of amides is 2. The highest BCUT2D eigenvalue weighted by Crippen LogP contribution is 2.17. The molecule has 0 bridgehead atoms. The summed E-state index contributed by atoms with van der Waals surface area (Å²) in [5, 5.41) is 4.23. The van der Waals surface area contributed by atoms with Gasteiger partial charge >= 0.3 is 0 Å². The fourth-order valence-electron chi connectivity index (χ4n) is 2.53. The molecule has 3 aromatic rings. The van der Waals surface area contributed by atoms with Crippen LogP contribution >= 0.6 is 15.9 Å². The fourth-order valence-corrected chi connectivity index (χ4v) is 2.80. The van der Waals surface area contributed by atoms with E-state index in [0.717, 1.165) is 10.2 Å². The van der Waals surface area contributed by atoms with Crippen molar-refractivity contribution in [2.24, 2.45) is 0 Å². The minimum atomic E-state index is -0.896. The third-order valence-electron chi connectivity index (χ3n) is 4.12. The van der Waals surface area contributed by atoms with Crippen molar-refractivity contribution in [1.29, 1.82) is 0 Å². The quantitative estimate of drug-likeness (QED) is 0.572. The van der Waals surface area contributed by atoms with Gasteiger partial charge in [0.2, 0.25) is 0 Å². The Kier molecular flexibility index (Phi) is 6.28. The standard InChI is InChI=1S/C20H18BrFN4O3/c1-12-18(11-23-26(12)16-7-3-14(21)4-8-16)20(28)25-24-19(27)13(2)29-17-9-5-15(22)6-10-17/h3-11,13H,1-2H3,(H,24,27)(H,25,28). The Morgan fingerprint density at radius 2 is 1.76 bits per heavy atom. The minimum Gasteiger partial charge on any atom is -0.481 e. The van der Waals surface area contributed by atoms with Gasteiger partial charge < -0.3 is 4.74 Å². The number of hydrogen-bond donors (Lipinski definition) is 2. The first-order chi connectivity index (χ1) is 13.8. The highest BCUT2D eigenvalue weighted by Gasteiger charge is 2.19. The van der Waals surface area contributed by atoms with Crippen molar-refractivity contribution in [2.45, 2.75) is 20.0 Å². The summed E-state index contributed by atoms with van der Waals surface area (Å²) in [4.78, 5) is 24.6. The zero-order valence-corrected chi connectivity index (χ0v) is 17.2. The van der Waals surface area contributed by atoms with Crippen LogP contribution in [-0.2, 0) is 4.79 Å². The molecule has 7 nitrogen and oxygen atoms in total. The summed E-state index contributed by atoms with van der Waals surface area (Å²) in [5.41, 5.74) is 6.41. The average molecular weight is 461 g/mol. The van der Waals surface area contributed by atoms with Gasteiger partial charge in [0.05, 0.1) is 23.1 Å². The molecule has 0 saturated heterocycles. The Labute approximate surface area is 175 Å². The van der Waals surface area contributed by atoms with Gasteiger partial charge in [-0.05, 0) is 62.4 Å². The zero-order chi connectivity index (χ0) is 21.0. The largest absolute Gasteiger partial charge is 0.481 e. The van der Waals surface area contributed by atoms with Crippen LogP contribution in [-0.4, -0.2) is 27.7 Å². The molecule has 0 radical (unpaired) electrons. The highest BCUT2D eigenvalue weighted by molar-refractivity contribution is 9.10. The van der Waals surface area contributed by atoms with E-state index < -0.39 is 23.7 Å². The molecule has 0 saturated carbocycles. The lowest BCUT2D eigenvalue weighted by atomic mass is 10.2. The van der Waals surface area contributed by atoms with Gasteiger partial charge in [-0.3, -0.25) is 20.4 Å². The van der Waals surface area contributed by atoms with Gasteiger partial charge in [0.15, 0.2) is 6.10 Å². The molecule has 2 aromatic carbocycles. The third kappa shape index (κ3) is 5.00. The number of hydrazine groups is 1. The van der Waals surface area contributed by atoms with E-state index in [-0.39, 0.29) is 0 Å². The molecule has 0 aliphatic rings. The normalized spacial score (nSPS) is 11.6. The number of carbonyl (C=O) groups is 2. The number of aromatic nitrogens is 2. The van der Waals surface area contributed by atoms with Gasteiger partial charge in [0.25, 0.3) is 11.8 Å². The van der Waals surface area contributed by atoms with Crippen LogP contribution in [0.3, 0.4) is 0 Å². The van der Waals surface area contributed by atoms with E-state index in [9.17, 15) is 14.0 Å². The van der Waals surface area contributed by atoms with E-state index in [2.05, 4.69) is 31.9 Å². The van der Waals surface area contributed by atoms with E-state index in [0.29, 0.717) is 17.0 Å². The first kappa shape index (κ1) is 20.5. The van der Waals surface area contributed by atoms with E-state index in [1.165, 1.54) is 37.4 Å². The maximum Gasteiger partial charge on any atom is 0.279 e. The molecule has 0 aliphatic carbocycles. The number of carbonyl (C=O) groups excluding carboxylic acids is 2. The Bertz CT molecular complexity index is 1020. The smallest absolute Gasteiger partial charge is 0.279 e. The Morgan fingerprint density at radius 1 is 1.10 bits per heavy atom. The van der Waals surface area contributed by atoms with Crippen LogP contribution in [0.1, 0.15) is 23.0 Å². The van der Waals surface area contributed by atoms with Crippen LogP contribution in [0.2, 0.25) is 0 Å². The van der Waals surface area contributed by atoms with Crippen LogP contribution in [0.15, 0.2) is 59.2 Å². The highest BCUT2D eigenvalue weighted by atomic mass is 79.9. The van der Waals surface area contributed by atoms with Gasteiger partial charge in [-0.2, -0.15) is 5.10 Å². The molecule has 2 N–H and O–H groups in total. The molecular weight excluding hydrogens is 443 g/mol. The molecule has 29 heavy (non-hydrogen) atoms. The maximum absolute atomic E-state index is 12.9. The Hall–Kier alpha value is -3.20. The number of benzene rings is 2. The third-order valence-corrected chi connectivity index (χ3v) is 4.65. The van der Waals surface area contributed by atoms with Gasteiger partial charge in [0.1, 0.15) is 11.6 Å². The van der Waals surface area contributed by atoms with Crippen molar-refractivity contribution in [3.8, 4) is 11.4 Å². The fraction of sp³-hybridized carbons (Fsp3) is 0.150. The summed E-state index contributed by atoms with van der Waals surface area (Å²) in [6.07, 6.45) is 0.532. The van der Waals surface area contributed by atoms with Crippen LogP contribution < -0.4 is 15.6 Å². The van der Waals surface area contributed by atoms with Crippen LogP contribution in [0.4, 0.5) is 4.39 Å². The Balaban J connectivity index is 1.59. The lowest BCUT2D eigenvalue weighted by molar-refractivity contribution is -0.128. The van der Waals surface area contributed by atoms with Crippen LogP contribution in [0.25, 0.3) is 5.69 Å². The number of nitrogens with one attached hydrogen (secondary N) is 2. The van der Waals surface area contributed by atoms with E-state index >= 15 is 0 Å². The molecule has 1 atom stereocenters. The second kappa shape index (κ2) is 8.87. The molecular formula is C20H18BrFN4O3. The van der Waals surface area contributed by atoms with Crippen LogP contribution in [0, 0.1) is 12.7 Å². The number of nitrogens with zero attached hydrogens (tertiary/aromatic N) is 2. The minimum absolute atomic E-state index is 0.320. The van der Waals surface area contributed by atoms with Crippen LogP contribution in [0.5, 0.6) is 5.75 Å². The molecule has 150 valence electrons. The van der Waals surface area contributed by atoms with Crippen molar-refractivity contribution in [3.63, 3.8) is 0 Å². The van der Waals surface area contributed by atoms with Gasteiger partial charge in [-0.25, -0.2) is 9.07 Å². The average Bonchev–Trinajstić information content (AvgIpc) is 3.09.